The summed E-state index contributed by atoms with van der Waals surface area (Å²) in [5.41, 5.74) is 8.41. The summed E-state index contributed by atoms with van der Waals surface area (Å²) in [7, 11) is 0. The summed E-state index contributed by atoms with van der Waals surface area (Å²) in [5, 5.41) is 24.3. The Bertz CT molecular complexity index is 1900. The molecule has 0 atom stereocenters. The molecule has 0 saturated carbocycles. The highest BCUT2D eigenvalue weighted by atomic mass is 127. The molecule has 0 radical (unpaired) electrons. The van der Waals surface area contributed by atoms with Crippen LogP contribution in [0.3, 0.4) is 0 Å². The molecule has 0 saturated heterocycles. The normalized spacial score (nSPS) is 10.5. The largest absolute Gasteiger partial charge is 0.505 e. The number of phenols is 2. The number of aromatic hydroxyl groups is 2. The number of nitrogens with two attached hydrogens (primary N) is 1. The minimum atomic E-state index is -0.765. The highest BCUT2D eigenvalue weighted by Gasteiger charge is 2.10. The number of anilines is 3. The quantitative estimate of drug-likeness (QED) is 0.102. The first kappa shape index (κ1) is 33.0. The predicted molar refractivity (Wildman–Crippen MR) is 188 cm³/mol. The third-order valence-electron chi connectivity index (χ3n) is 5.73. The van der Waals surface area contributed by atoms with Gasteiger partial charge < -0.3 is 21.3 Å². The molecule has 2 aromatic heterocycles. The van der Waals surface area contributed by atoms with Crippen molar-refractivity contribution in [3.63, 3.8) is 0 Å². The number of hydrogen-bond donors (Lipinski definition) is 4. The van der Waals surface area contributed by atoms with E-state index in [0.717, 1.165) is 54.3 Å². The zero-order valence-corrected chi connectivity index (χ0v) is 28.2. The van der Waals surface area contributed by atoms with Crippen molar-refractivity contribution in [3.05, 3.63) is 119 Å². The first-order valence-corrected chi connectivity index (χ1v) is 15.3. The van der Waals surface area contributed by atoms with Gasteiger partial charge in [0.15, 0.2) is 23.1 Å². The molecule has 4 aromatic carbocycles. The Hall–Kier alpha value is -2.91. The third-order valence-corrected chi connectivity index (χ3v) is 8.04. The van der Waals surface area contributed by atoms with Crippen LogP contribution >= 0.6 is 80.0 Å². The molecule has 0 amide bonds. The van der Waals surface area contributed by atoms with E-state index in [4.69, 9.17) is 45.6 Å². The lowest BCUT2D eigenvalue weighted by Crippen LogP contribution is -1.94. The van der Waals surface area contributed by atoms with Crippen molar-refractivity contribution in [2.45, 2.75) is 0 Å². The van der Waals surface area contributed by atoms with E-state index < -0.39 is 23.1 Å². The summed E-state index contributed by atoms with van der Waals surface area (Å²) in [6.45, 7) is 0. The number of fused-ring (bicyclic) bond motifs is 2. The monoisotopic (exact) mass is 864 g/mol. The highest BCUT2D eigenvalue weighted by molar-refractivity contribution is 14.1. The van der Waals surface area contributed by atoms with Crippen molar-refractivity contribution >= 4 is 119 Å². The highest BCUT2D eigenvalue weighted by Crippen LogP contribution is 2.34. The minimum Gasteiger partial charge on any atom is -0.505 e. The van der Waals surface area contributed by atoms with Gasteiger partial charge in [-0.2, -0.15) is 0 Å². The second kappa shape index (κ2) is 14.7. The number of hydrogen-bond acceptors (Lipinski definition) is 6. The molecule has 6 rings (SSSR count). The Kier molecular flexibility index (Phi) is 11.3. The fourth-order valence-electron chi connectivity index (χ4n) is 3.65. The van der Waals surface area contributed by atoms with Gasteiger partial charge in [0.2, 0.25) is 0 Å². The molecule has 0 fully saturated rings. The molecule has 0 unspecified atom stereocenters. The van der Waals surface area contributed by atoms with Crippen molar-refractivity contribution in [2.75, 3.05) is 11.1 Å². The van der Waals surface area contributed by atoms with Gasteiger partial charge in [-0.1, -0.05) is 40.9 Å². The maximum Gasteiger partial charge on any atom is 0.166 e. The average Bonchev–Trinajstić information content (AvgIpc) is 2.95. The summed E-state index contributed by atoms with van der Waals surface area (Å²) in [4.78, 5) is 8.52. The molecule has 2 heterocycles. The molecule has 6 aromatic rings. The van der Waals surface area contributed by atoms with Crippen LogP contribution in [0.15, 0.2) is 85.2 Å². The molecule has 6 nitrogen and oxygen atoms in total. The Labute approximate surface area is 287 Å². The SMILES string of the molecule is Clc1ccnc2cc(I)ccc12.Nc1cc(O)c(F)cc1Cl.Oc1cc(Nc2ccnc3cc(I)ccc23)c(Cl)cc1F. The van der Waals surface area contributed by atoms with Crippen LogP contribution in [0.4, 0.5) is 25.8 Å². The lowest BCUT2D eigenvalue weighted by atomic mass is 10.2. The lowest BCUT2D eigenvalue weighted by molar-refractivity contribution is 0.432. The van der Waals surface area contributed by atoms with E-state index in [1.54, 1.807) is 24.5 Å². The fraction of sp³-hybridized carbons (Fsp3) is 0. The number of nitrogen functional groups attached to an aromatic ring is 1. The lowest BCUT2D eigenvalue weighted by Gasteiger charge is -2.11. The Balaban J connectivity index is 0.000000163. The predicted octanol–water partition coefficient (Wildman–Crippen LogP) is 10.3. The van der Waals surface area contributed by atoms with Crippen LogP contribution in [-0.2, 0) is 0 Å². The maximum absolute atomic E-state index is 13.2. The van der Waals surface area contributed by atoms with Gasteiger partial charge in [0.1, 0.15) is 0 Å². The van der Waals surface area contributed by atoms with Crippen LogP contribution in [0, 0.1) is 18.8 Å². The fourth-order valence-corrected chi connectivity index (χ4v) is 5.16. The van der Waals surface area contributed by atoms with Gasteiger partial charge in [0, 0.05) is 48.1 Å². The summed E-state index contributed by atoms with van der Waals surface area (Å²) in [6.07, 6.45) is 3.40. The number of nitrogens with zero attached hydrogens (tertiary/aromatic N) is 2. The van der Waals surface area contributed by atoms with Crippen molar-refractivity contribution in [2.24, 2.45) is 0 Å². The number of phenolic OH excluding ortho intramolecular Hbond substituents is 2. The number of pyridine rings is 2. The van der Waals surface area contributed by atoms with E-state index in [-0.39, 0.29) is 15.7 Å². The first-order valence-electron chi connectivity index (χ1n) is 12.1. The Morgan fingerprint density at radius 2 is 1.16 bits per heavy atom. The minimum absolute atomic E-state index is 0.107. The summed E-state index contributed by atoms with van der Waals surface area (Å²) >= 11 is 21.9. The smallest absolute Gasteiger partial charge is 0.166 e. The number of halogens is 7. The van der Waals surface area contributed by atoms with Gasteiger partial charge in [-0.25, -0.2) is 8.78 Å². The van der Waals surface area contributed by atoms with E-state index in [1.165, 1.54) is 9.64 Å². The van der Waals surface area contributed by atoms with Gasteiger partial charge in [-0.15, -0.1) is 0 Å². The Morgan fingerprint density at radius 3 is 1.79 bits per heavy atom. The molecular weight excluding hydrogens is 847 g/mol. The van der Waals surface area contributed by atoms with Crippen molar-refractivity contribution in [3.8, 4) is 11.5 Å². The van der Waals surface area contributed by atoms with Crippen LogP contribution in [0.5, 0.6) is 11.5 Å². The van der Waals surface area contributed by atoms with Gasteiger partial charge in [-0.3, -0.25) is 9.97 Å². The second-order valence-electron chi connectivity index (χ2n) is 8.71. The summed E-state index contributed by atoms with van der Waals surface area (Å²) in [6, 6.07) is 19.9. The van der Waals surface area contributed by atoms with E-state index >= 15 is 0 Å². The summed E-state index contributed by atoms with van der Waals surface area (Å²) in [5.74, 6) is -2.45. The van der Waals surface area contributed by atoms with Crippen LogP contribution in [0.25, 0.3) is 21.8 Å². The van der Waals surface area contributed by atoms with E-state index in [2.05, 4.69) is 60.5 Å². The van der Waals surface area contributed by atoms with Crippen LogP contribution in [-0.4, -0.2) is 20.2 Å². The van der Waals surface area contributed by atoms with Crippen molar-refractivity contribution in [1.29, 1.82) is 0 Å². The average molecular weight is 866 g/mol. The van der Waals surface area contributed by atoms with Gasteiger partial charge in [0.05, 0.1) is 37.5 Å². The molecule has 13 heteroatoms. The molecular formula is C30H19Cl3F2I2N4O2. The molecule has 43 heavy (non-hydrogen) atoms. The maximum atomic E-state index is 13.2. The summed E-state index contributed by atoms with van der Waals surface area (Å²) < 4.78 is 27.9. The van der Waals surface area contributed by atoms with Gasteiger partial charge >= 0.3 is 0 Å². The number of aromatic nitrogens is 2. The molecule has 0 spiro atoms. The number of benzene rings is 4. The van der Waals surface area contributed by atoms with E-state index in [9.17, 15) is 13.9 Å². The Morgan fingerprint density at radius 1 is 0.628 bits per heavy atom. The molecule has 220 valence electrons. The zero-order chi connectivity index (χ0) is 31.3. The van der Waals surface area contributed by atoms with E-state index in [0.29, 0.717) is 5.69 Å². The third kappa shape index (κ3) is 8.60. The van der Waals surface area contributed by atoms with E-state index in [1.807, 2.05) is 36.4 Å². The van der Waals surface area contributed by atoms with Crippen LogP contribution in [0.1, 0.15) is 0 Å². The number of rotatable bonds is 2. The second-order valence-corrected chi connectivity index (χ2v) is 12.4. The standard InChI is InChI=1S/C15H9ClFIN2O.C9H5ClIN.C6H5ClFNO/c16-10-6-11(17)15(21)7-14(10)20-12-3-4-19-13-5-8(18)1-2-9(12)13;10-8-3-4-12-9-5-6(11)1-2-7(8)9;7-3-1-4(8)6(10)2-5(3)9/h1-7,21H,(H,19,20);1-5H;1-2,10H,9H2. The molecule has 0 aliphatic carbocycles. The topological polar surface area (TPSA) is 104 Å². The first-order chi connectivity index (χ1) is 20.4. The van der Waals surface area contributed by atoms with Crippen LogP contribution < -0.4 is 11.1 Å². The van der Waals surface area contributed by atoms with Gasteiger partial charge in [0.25, 0.3) is 0 Å². The van der Waals surface area contributed by atoms with Crippen LogP contribution in [0.2, 0.25) is 15.1 Å². The molecule has 0 aliphatic rings. The van der Waals surface area contributed by atoms with Crippen molar-refractivity contribution < 1.29 is 19.0 Å². The van der Waals surface area contributed by atoms with Gasteiger partial charge in [-0.05, 0) is 99.8 Å². The number of nitrogens with one attached hydrogen (secondary N) is 1. The molecule has 0 bridgehead atoms. The zero-order valence-electron chi connectivity index (χ0n) is 21.6. The molecule has 0 aliphatic heterocycles. The molecule has 5 N–H and O–H groups in total. The van der Waals surface area contributed by atoms with Crippen molar-refractivity contribution in [1.82, 2.24) is 9.97 Å².